The highest BCUT2D eigenvalue weighted by Crippen LogP contribution is 2.53. The molecular weight excluding hydrogens is 391 g/mol. The number of likely N-dealkylation sites (tertiary alicyclic amines) is 2. The SMILES string of the molecule is O=C1NC2(CO1)CN(C(=O)N1CC3(CC(Cc4cnc(C(F)(F)F)cn4)C3)C1)C2. The molecule has 2 spiro atoms. The van der Waals surface area contributed by atoms with Crippen molar-refractivity contribution in [3.05, 3.63) is 23.8 Å². The maximum absolute atomic E-state index is 12.5. The van der Waals surface area contributed by atoms with E-state index in [0.717, 1.165) is 19.0 Å². The predicted octanol–water partition coefficient (Wildman–Crippen LogP) is 1.66. The van der Waals surface area contributed by atoms with Crippen molar-refractivity contribution in [3.63, 3.8) is 0 Å². The summed E-state index contributed by atoms with van der Waals surface area (Å²) in [6.07, 6.45) is -0.435. The first-order chi connectivity index (χ1) is 13.7. The highest BCUT2D eigenvalue weighted by Gasteiger charge is 2.57. The van der Waals surface area contributed by atoms with Crippen LogP contribution < -0.4 is 5.32 Å². The quantitative estimate of drug-likeness (QED) is 0.800. The van der Waals surface area contributed by atoms with Gasteiger partial charge in [-0.1, -0.05) is 0 Å². The Morgan fingerprint density at radius 3 is 2.41 bits per heavy atom. The van der Waals surface area contributed by atoms with E-state index in [-0.39, 0.29) is 11.4 Å². The molecule has 0 atom stereocenters. The number of halogens is 3. The molecule has 3 aliphatic heterocycles. The minimum absolute atomic E-state index is 0.0144. The van der Waals surface area contributed by atoms with Gasteiger partial charge in [-0.25, -0.2) is 14.6 Å². The van der Waals surface area contributed by atoms with Gasteiger partial charge in [-0.3, -0.25) is 4.98 Å². The summed E-state index contributed by atoms with van der Waals surface area (Å²) >= 11 is 0. The van der Waals surface area contributed by atoms with Crippen LogP contribution in [0.25, 0.3) is 0 Å². The number of carbonyl (C=O) groups excluding carboxylic acids is 2. The Hall–Kier alpha value is -2.59. The van der Waals surface area contributed by atoms with Gasteiger partial charge < -0.3 is 19.9 Å². The lowest BCUT2D eigenvalue weighted by atomic mass is 9.57. The zero-order valence-corrected chi connectivity index (χ0v) is 15.5. The lowest BCUT2D eigenvalue weighted by Gasteiger charge is -2.60. The summed E-state index contributed by atoms with van der Waals surface area (Å²) < 4.78 is 42.5. The van der Waals surface area contributed by atoms with Gasteiger partial charge in [-0.15, -0.1) is 0 Å². The lowest BCUT2D eigenvalue weighted by Crippen LogP contribution is -2.74. The molecule has 8 nitrogen and oxygen atoms in total. The number of urea groups is 1. The molecule has 1 N–H and O–H groups in total. The van der Waals surface area contributed by atoms with E-state index in [4.69, 9.17) is 4.74 Å². The fraction of sp³-hybridized carbons (Fsp3) is 0.667. The van der Waals surface area contributed by atoms with Gasteiger partial charge in [0.15, 0.2) is 5.69 Å². The van der Waals surface area contributed by atoms with Crippen molar-refractivity contribution in [3.8, 4) is 0 Å². The molecule has 0 unspecified atom stereocenters. The van der Waals surface area contributed by atoms with Gasteiger partial charge in [0.05, 0.1) is 25.0 Å². The molecule has 3 amide bonds. The summed E-state index contributed by atoms with van der Waals surface area (Å²) in [5.74, 6) is 0.358. The molecule has 4 fully saturated rings. The molecule has 11 heteroatoms. The Labute approximate surface area is 164 Å². The highest BCUT2D eigenvalue weighted by atomic mass is 19.4. The molecule has 1 aromatic heterocycles. The van der Waals surface area contributed by atoms with E-state index in [9.17, 15) is 22.8 Å². The van der Waals surface area contributed by atoms with Crippen molar-refractivity contribution in [2.75, 3.05) is 32.8 Å². The number of hydrogen-bond acceptors (Lipinski definition) is 5. The summed E-state index contributed by atoms with van der Waals surface area (Å²) in [6, 6.07) is -0.0144. The Morgan fingerprint density at radius 2 is 1.86 bits per heavy atom. The van der Waals surface area contributed by atoms with Gasteiger partial charge in [0.1, 0.15) is 12.1 Å². The van der Waals surface area contributed by atoms with Crippen LogP contribution in [0.5, 0.6) is 0 Å². The molecule has 29 heavy (non-hydrogen) atoms. The third kappa shape index (κ3) is 3.16. The number of rotatable bonds is 2. The van der Waals surface area contributed by atoms with E-state index in [1.807, 2.05) is 4.90 Å². The number of nitrogens with one attached hydrogen (secondary N) is 1. The van der Waals surface area contributed by atoms with Crippen LogP contribution in [-0.2, 0) is 17.3 Å². The van der Waals surface area contributed by atoms with E-state index < -0.39 is 23.5 Å². The standard InChI is InChI=1S/C18H20F3N5O3/c19-18(20,21)13-5-22-12(4-23-13)1-11-2-16(3-11)6-25(7-16)15(28)26-8-17(9-26)10-29-14(27)24-17/h4-5,11H,1-3,6-10H2,(H,24,27). The Morgan fingerprint density at radius 1 is 1.17 bits per heavy atom. The fourth-order valence-electron chi connectivity index (χ4n) is 5.05. The Bertz CT molecular complexity index is 839. The second-order valence-corrected chi connectivity index (χ2v) is 8.85. The van der Waals surface area contributed by atoms with E-state index in [0.29, 0.717) is 50.8 Å². The average molecular weight is 411 g/mol. The molecule has 0 aromatic carbocycles. The van der Waals surface area contributed by atoms with Crippen LogP contribution in [0.2, 0.25) is 0 Å². The smallest absolute Gasteiger partial charge is 0.434 e. The summed E-state index contributed by atoms with van der Waals surface area (Å²) in [5.41, 5.74) is -0.695. The van der Waals surface area contributed by atoms with E-state index in [1.54, 1.807) is 4.90 Å². The summed E-state index contributed by atoms with van der Waals surface area (Å²) in [6.45, 7) is 2.64. The third-order valence-corrected chi connectivity index (χ3v) is 6.36. The van der Waals surface area contributed by atoms with Gasteiger partial charge in [0, 0.05) is 24.7 Å². The van der Waals surface area contributed by atoms with Crippen molar-refractivity contribution < 1.29 is 27.5 Å². The molecular formula is C18H20F3N5O3. The third-order valence-electron chi connectivity index (χ3n) is 6.36. The second kappa shape index (κ2) is 5.96. The van der Waals surface area contributed by atoms with Gasteiger partial charge in [-0.05, 0) is 25.2 Å². The second-order valence-electron chi connectivity index (χ2n) is 8.85. The largest absolute Gasteiger partial charge is 0.447 e. The van der Waals surface area contributed by atoms with Crippen molar-refractivity contribution in [1.82, 2.24) is 25.1 Å². The van der Waals surface area contributed by atoms with E-state index >= 15 is 0 Å². The Balaban J connectivity index is 1.06. The molecule has 0 bridgehead atoms. The maximum atomic E-state index is 12.5. The maximum Gasteiger partial charge on any atom is 0.434 e. The molecule has 0 radical (unpaired) electrons. The number of alkyl carbamates (subject to hydrolysis) is 1. The summed E-state index contributed by atoms with van der Waals surface area (Å²) in [7, 11) is 0. The number of hydrogen-bond donors (Lipinski definition) is 1. The van der Waals surface area contributed by atoms with Crippen LogP contribution in [0.4, 0.5) is 22.8 Å². The lowest BCUT2D eigenvalue weighted by molar-refractivity contribution is -0.141. The number of ether oxygens (including phenoxy) is 1. The number of carbonyl (C=O) groups is 2. The van der Waals surface area contributed by atoms with E-state index in [1.165, 1.54) is 6.20 Å². The minimum Gasteiger partial charge on any atom is -0.447 e. The van der Waals surface area contributed by atoms with E-state index in [2.05, 4.69) is 15.3 Å². The van der Waals surface area contributed by atoms with Crippen LogP contribution in [0.3, 0.4) is 0 Å². The van der Waals surface area contributed by atoms with Crippen molar-refractivity contribution >= 4 is 12.1 Å². The van der Waals surface area contributed by atoms with Crippen LogP contribution in [-0.4, -0.2) is 70.2 Å². The minimum atomic E-state index is -4.47. The first-order valence-corrected chi connectivity index (χ1v) is 9.52. The number of amides is 3. The van der Waals surface area contributed by atoms with Gasteiger partial charge in [0.25, 0.3) is 0 Å². The molecule has 1 aromatic rings. The van der Waals surface area contributed by atoms with Crippen LogP contribution in [0, 0.1) is 11.3 Å². The number of nitrogens with zero attached hydrogens (tertiary/aromatic N) is 4. The molecule has 4 heterocycles. The molecule has 1 aliphatic carbocycles. The molecule has 3 saturated heterocycles. The number of cyclic esters (lactones) is 1. The molecule has 156 valence electrons. The zero-order chi connectivity index (χ0) is 20.4. The zero-order valence-electron chi connectivity index (χ0n) is 15.5. The first-order valence-electron chi connectivity index (χ1n) is 9.52. The van der Waals surface area contributed by atoms with Gasteiger partial charge in [-0.2, -0.15) is 13.2 Å². The number of aromatic nitrogens is 2. The van der Waals surface area contributed by atoms with Gasteiger partial charge >= 0.3 is 18.3 Å². The summed E-state index contributed by atoms with van der Waals surface area (Å²) in [4.78, 5) is 34.6. The van der Waals surface area contributed by atoms with Crippen molar-refractivity contribution in [1.29, 1.82) is 0 Å². The average Bonchev–Trinajstić information content (AvgIpc) is 2.96. The monoisotopic (exact) mass is 411 g/mol. The normalized spacial score (nSPS) is 24.6. The first kappa shape index (κ1) is 18.4. The van der Waals surface area contributed by atoms with Crippen LogP contribution in [0.15, 0.2) is 12.4 Å². The topological polar surface area (TPSA) is 87.7 Å². The van der Waals surface area contributed by atoms with Gasteiger partial charge in [0.2, 0.25) is 0 Å². The molecule has 1 saturated carbocycles. The fourth-order valence-corrected chi connectivity index (χ4v) is 5.05. The van der Waals surface area contributed by atoms with Crippen LogP contribution in [0.1, 0.15) is 24.2 Å². The predicted molar refractivity (Wildman–Crippen MR) is 91.7 cm³/mol. The molecule has 5 rings (SSSR count). The molecule has 4 aliphatic rings. The summed E-state index contributed by atoms with van der Waals surface area (Å²) in [5, 5.41) is 2.76. The highest BCUT2D eigenvalue weighted by molar-refractivity contribution is 5.78. The Kier molecular flexibility index (Phi) is 3.79. The van der Waals surface area contributed by atoms with Crippen molar-refractivity contribution in [2.45, 2.75) is 31.0 Å². The van der Waals surface area contributed by atoms with Crippen molar-refractivity contribution in [2.24, 2.45) is 11.3 Å². The van der Waals surface area contributed by atoms with Crippen LogP contribution >= 0.6 is 0 Å². The number of alkyl halides is 3.